The molecule has 0 aliphatic carbocycles. The van der Waals surface area contributed by atoms with Gasteiger partial charge in [0.15, 0.2) is 0 Å². The molecule has 1 amide bonds. The van der Waals surface area contributed by atoms with E-state index < -0.39 is 11.7 Å². The van der Waals surface area contributed by atoms with Crippen molar-refractivity contribution in [1.82, 2.24) is 15.2 Å². The molecule has 0 bridgehead atoms. The molecule has 1 aromatic heterocycles. The molecule has 3 heterocycles. The molecule has 4 rings (SSSR count). The second-order valence-corrected chi connectivity index (χ2v) is 6.97. The molecule has 27 heavy (non-hydrogen) atoms. The van der Waals surface area contributed by atoms with E-state index in [1.165, 1.54) is 0 Å². The number of fused-ring (bicyclic) bond motifs is 1. The first kappa shape index (κ1) is 17.8. The van der Waals surface area contributed by atoms with Gasteiger partial charge in [-0.25, -0.2) is 4.98 Å². The van der Waals surface area contributed by atoms with Crippen LogP contribution in [0.5, 0.6) is 0 Å². The fourth-order valence-electron chi connectivity index (χ4n) is 3.76. The summed E-state index contributed by atoms with van der Waals surface area (Å²) in [6.07, 6.45) is -2.53. The number of aromatic nitrogens is 1. The Bertz CT molecular complexity index is 891. The lowest BCUT2D eigenvalue weighted by Gasteiger charge is -2.31. The van der Waals surface area contributed by atoms with Gasteiger partial charge in [-0.2, -0.15) is 13.2 Å². The van der Waals surface area contributed by atoms with Crippen LogP contribution in [0.4, 0.5) is 19.0 Å². The van der Waals surface area contributed by atoms with Crippen LogP contribution in [0.2, 0.25) is 0 Å². The molecule has 1 saturated heterocycles. The number of nitrogens with zero attached hydrogens (tertiary/aromatic N) is 2. The highest BCUT2D eigenvalue weighted by Crippen LogP contribution is 2.34. The molecule has 2 aromatic rings. The summed E-state index contributed by atoms with van der Waals surface area (Å²) in [6, 6.07) is 6.98. The van der Waals surface area contributed by atoms with Crippen LogP contribution in [-0.4, -0.2) is 34.9 Å². The molecule has 2 aliphatic heterocycles. The molecule has 1 fully saturated rings. The summed E-state index contributed by atoms with van der Waals surface area (Å²) in [4.78, 5) is 18.6. The Hall–Kier alpha value is -2.61. The number of nitrogen functional groups attached to an aromatic ring is 1. The zero-order valence-corrected chi connectivity index (χ0v) is 14.5. The lowest BCUT2D eigenvalue weighted by atomic mass is 10.0. The van der Waals surface area contributed by atoms with Gasteiger partial charge >= 0.3 is 6.18 Å². The summed E-state index contributed by atoms with van der Waals surface area (Å²) in [7, 11) is 0. The predicted octanol–water partition coefficient (Wildman–Crippen LogP) is 3.06. The van der Waals surface area contributed by atoms with Crippen LogP contribution < -0.4 is 11.1 Å². The number of carbonyl (C=O) groups is 1. The molecule has 1 aromatic carbocycles. The summed E-state index contributed by atoms with van der Waals surface area (Å²) < 4.78 is 39.2. The smallest absolute Gasteiger partial charge is 0.384 e. The largest absolute Gasteiger partial charge is 0.416 e. The van der Waals surface area contributed by atoms with E-state index in [0.29, 0.717) is 17.7 Å². The van der Waals surface area contributed by atoms with Gasteiger partial charge in [0.2, 0.25) is 0 Å². The molecule has 2 aliphatic rings. The predicted molar refractivity (Wildman–Crippen MR) is 94.9 cm³/mol. The van der Waals surface area contributed by atoms with Crippen molar-refractivity contribution in [3.05, 3.63) is 47.0 Å². The van der Waals surface area contributed by atoms with Crippen LogP contribution in [0.15, 0.2) is 30.3 Å². The Morgan fingerprint density at radius 1 is 1.22 bits per heavy atom. The Labute approximate surface area is 154 Å². The molecule has 8 heteroatoms. The quantitative estimate of drug-likeness (QED) is 0.845. The van der Waals surface area contributed by atoms with Crippen molar-refractivity contribution in [2.75, 3.05) is 18.8 Å². The Balaban J connectivity index is 1.66. The number of hydrogen-bond acceptors (Lipinski definition) is 4. The number of rotatable bonds is 2. The van der Waals surface area contributed by atoms with Gasteiger partial charge in [-0.3, -0.25) is 4.79 Å². The van der Waals surface area contributed by atoms with E-state index in [9.17, 15) is 18.0 Å². The van der Waals surface area contributed by atoms with Gasteiger partial charge in [0.25, 0.3) is 5.91 Å². The van der Waals surface area contributed by atoms with Crippen LogP contribution in [-0.2, 0) is 12.7 Å². The van der Waals surface area contributed by atoms with Crippen LogP contribution in [0, 0.1) is 0 Å². The summed E-state index contributed by atoms with van der Waals surface area (Å²) in [6.45, 7) is 2.18. The Kier molecular flexibility index (Phi) is 4.30. The number of hydrogen-bond donors (Lipinski definition) is 2. The van der Waals surface area contributed by atoms with Gasteiger partial charge < -0.3 is 16.0 Å². The summed E-state index contributed by atoms with van der Waals surface area (Å²) >= 11 is 0. The second kappa shape index (κ2) is 6.53. The number of piperidine rings is 1. The molecule has 0 saturated carbocycles. The second-order valence-electron chi connectivity index (χ2n) is 6.97. The first-order valence-electron chi connectivity index (χ1n) is 8.82. The number of nitrogens with two attached hydrogens (primary N) is 1. The van der Waals surface area contributed by atoms with Gasteiger partial charge in [-0.1, -0.05) is 6.07 Å². The van der Waals surface area contributed by atoms with Crippen molar-refractivity contribution in [2.45, 2.75) is 31.6 Å². The number of carbonyl (C=O) groups excluding carboxylic acids is 1. The average Bonchev–Trinajstić information content (AvgIpc) is 2.97. The monoisotopic (exact) mass is 376 g/mol. The highest BCUT2D eigenvalue weighted by molar-refractivity contribution is 5.99. The summed E-state index contributed by atoms with van der Waals surface area (Å²) in [5, 5.41) is 3.30. The molecule has 5 nitrogen and oxygen atoms in total. The lowest BCUT2D eigenvalue weighted by molar-refractivity contribution is -0.137. The normalized spacial score (nSPS) is 20.0. The van der Waals surface area contributed by atoms with E-state index >= 15 is 0 Å². The van der Waals surface area contributed by atoms with Gasteiger partial charge in [0.1, 0.15) is 5.82 Å². The van der Waals surface area contributed by atoms with E-state index in [2.05, 4.69) is 10.3 Å². The highest BCUT2D eigenvalue weighted by Gasteiger charge is 2.34. The number of pyridine rings is 1. The van der Waals surface area contributed by atoms with Gasteiger partial charge in [0, 0.05) is 30.3 Å². The van der Waals surface area contributed by atoms with E-state index in [1.54, 1.807) is 18.2 Å². The first-order chi connectivity index (χ1) is 12.8. The van der Waals surface area contributed by atoms with Crippen molar-refractivity contribution in [1.29, 1.82) is 0 Å². The Morgan fingerprint density at radius 2 is 2.04 bits per heavy atom. The third kappa shape index (κ3) is 3.37. The van der Waals surface area contributed by atoms with Crippen LogP contribution >= 0.6 is 0 Å². The third-order valence-electron chi connectivity index (χ3n) is 5.12. The maximum absolute atomic E-state index is 13.1. The van der Waals surface area contributed by atoms with Crippen LogP contribution in [0.25, 0.3) is 11.3 Å². The van der Waals surface area contributed by atoms with Gasteiger partial charge in [0.05, 0.1) is 11.3 Å². The average molecular weight is 376 g/mol. The molecule has 3 N–H and O–H groups in total. The van der Waals surface area contributed by atoms with E-state index in [-0.39, 0.29) is 23.5 Å². The fourth-order valence-corrected chi connectivity index (χ4v) is 3.76. The minimum absolute atomic E-state index is 0.0261. The lowest BCUT2D eigenvalue weighted by Crippen LogP contribution is -2.46. The standard InChI is InChI=1S/C19H19F3N4O/c20-19(21,22)13-7-16(25-17(23)8-13)11-3-4-15-12(6-11)10-26(18(15)27)14-2-1-5-24-9-14/h3-4,6-8,14,24H,1-2,5,9-10H2,(H2,23,25). The summed E-state index contributed by atoms with van der Waals surface area (Å²) in [5.74, 6) is -0.215. The number of halogens is 3. The minimum Gasteiger partial charge on any atom is -0.384 e. The van der Waals surface area contributed by atoms with Crippen molar-refractivity contribution < 1.29 is 18.0 Å². The maximum Gasteiger partial charge on any atom is 0.416 e. The fraction of sp³-hybridized carbons (Fsp3) is 0.368. The van der Waals surface area contributed by atoms with Gasteiger partial charge in [-0.05, 0) is 49.2 Å². The van der Waals surface area contributed by atoms with Crippen molar-refractivity contribution in [3.63, 3.8) is 0 Å². The highest BCUT2D eigenvalue weighted by atomic mass is 19.4. The number of benzene rings is 1. The Morgan fingerprint density at radius 3 is 2.74 bits per heavy atom. The number of amides is 1. The first-order valence-corrected chi connectivity index (χ1v) is 8.82. The number of nitrogens with one attached hydrogen (secondary N) is 1. The molecule has 0 radical (unpaired) electrons. The molecule has 142 valence electrons. The number of alkyl halides is 3. The van der Waals surface area contributed by atoms with Crippen molar-refractivity contribution >= 4 is 11.7 Å². The van der Waals surface area contributed by atoms with Crippen LogP contribution in [0.3, 0.4) is 0 Å². The van der Waals surface area contributed by atoms with E-state index in [4.69, 9.17) is 5.73 Å². The van der Waals surface area contributed by atoms with Crippen molar-refractivity contribution in [3.8, 4) is 11.3 Å². The van der Waals surface area contributed by atoms with E-state index in [0.717, 1.165) is 43.6 Å². The maximum atomic E-state index is 13.1. The molecular weight excluding hydrogens is 357 g/mol. The van der Waals surface area contributed by atoms with Crippen LogP contribution in [0.1, 0.15) is 34.3 Å². The SMILES string of the molecule is Nc1cc(C(F)(F)F)cc(-c2ccc3c(c2)CN(C2CCCNC2)C3=O)n1. The summed E-state index contributed by atoms with van der Waals surface area (Å²) in [5.41, 5.74) is 6.80. The molecular formula is C19H19F3N4O. The minimum atomic E-state index is -4.50. The third-order valence-corrected chi connectivity index (χ3v) is 5.12. The van der Waals surface area contributed by atoms with Crippen molar-refractivity contribution in [2.24, 2.45) is 0 Å². The molecule has 1 unspecified atom stereocenters. The van der Waals surface area contributed by atoms with Gasteiger partial charge in [-0.15, -0.1) is 0 Å². The zero-order valence-electron chi connectivity index (χ0n) is 14.5. The molecule has 1 atom stereocenters. The number of anilines is 1. The zero-order chi connectivity index (χ0) is 19.2. The topological polar surface area (TPSA) is 71.2 Å². The van der Waals surface area contributed by atoms with E-state index in [1.807, 2.05) is 4.90 Å². The molecule has 0 spiro atoms.